The molecule has 158 valence electrons. The fourth-order valence-electron chi connectivity index (χ4n) is 3.57. The number of fused-ring (bicyclic) bond motifs is 1. The minimum Gasteiger partial charge on any atom is -0.318 e. The summed E-state index contributed by atoms with van der Waals surface area (Å²) in [4.78, 5) is 17.9. The van der Waals surface area contributed by atoms with E-state index in [1.54, 1.807) is 22.8 Å². The third kappa shape index (κ3) is 4.07. The van der Waals surface area contributed by atoms with Crippen LogP contribution in [0.5, 0.6) is 0 Å². The van der Waals surface area contributed by atoms with Gasteiger partial charge >= 0.3 is 0 Å². The van der Waals surface area contributed by atoms with Crippen molar-refractivity contribution in [1.82, 2.24) is 8.87 Å². The molecule has 1 amide bonds. The summed E-state index contributed by atoms with van der Waals surface area (Å²) in [7, 11) is -1.88. The Hall–Kier alpha value is -1.71. The number of sulfonamides is 1. The van der Waals surface area contributed by atoms with E-state index < -0.39 is 15.9 Å². The molecule has 1 atom stereocenters. The van der Waals surface area contributed by atoms with Crippen LogP contribution in [0.15, 0.2) is 52.4 Å². The van der Waals surface area contributed by atoms with Gasteiger partial charge in [0.1, 0.15) is 0 Å². The predicted molar refractivity (Wildman–Crippen MR) is 119 cm³/mol. The van der Waals surface area contributed by atoms with Gasteiger partial charge in [0.2, 0.25) is 10.0 Å². The van der Waals surface area contributed by atoms with Crippen LogP contribution in [-0.2, 0) is 21.9 Å². The van der Waals surface area contributed by atoms with Crippen molar-refractivity contribution >= 4 is 60.7 Å². The first-order valence-corrected chi connectivity index (χ1v) is 12.4. The molecular weight excluding hydrogens is 465 g/mol. The second-order valence-electron chi connectivity index (χ2n) is 7.14. The molecule has 6 nitrogen and oxygen atoms in total. The Morgan fingerprint density at radius 2 is 1.90 bits per heavy atom. The number of para-hydroxylation sites is 1. The average Bonchev–Trinajstić information content (AvgIpc) is 3.05. The van der Waals surface area contributed by atoms with Crippen molar-refractivity contribution in [3.63, 3.8) is 0 Å². The molecule has 1 aliphatic heterocycles. The number of aryl methyl sites for hydroxylation is 1. The number of amides is 1. The van der Waals surface area contributed by atoms with Gasteiger partial charge in [-0.2, -0.15) is 9.30 Å². The first-order chi connectivity index (χ1) is 14.3. The van der Waals surface area contributed by atoms with Crippen LogP contribution in [0.1, 0.15) is 12.8 Å². The molecule has 30 heavy (non-hydrogen) atoms. The number of hydrogen-bond acceptors (Lipinski definition) is 4. The van der Waals surface area contributed by atoms with Crippen LogP contribution in [0.2, 0.25) is 10.0 Å². The number of piperidine rings is 1. The zero-order valence-corrected chi connectivity index (χ0v) is 19.2. The van der Waals surface area contributed by atoms with Crippen molar-refractivity contribution in [1.29, 1.82) is 0 Å². The lowest BCUT2D eigenvalue weighted by molar-refractivity contribution is -0.122. The van der Waals surface area contributed by atoms with E-state index in [0.717, 1.165) is 10.2 Å². The number of thiazole rings is 1. The Kier molecular flexibility index (Phi) is 6.05. The molecule has 3 aromatic rings. The molecule has 0 radical (unpaired) electrons. The van der Waals surface area contributed by atoms with Gasteiger partial charge in [-0.25, -0.2) is 8.42 Å². The fourth-order valence-corrected chi connectivity index (χ4v) is 6.63. The molecule has 1 fully saturated rings. The molecule has 0 aliphatic carbocycles. The third-order valence-electron chi connectivity index (χ3n) is 5.16. The number of nitrogens with zero attached hydrogens (tertiary/aromatic N) is 3. The van der Waals surface area contributed by atoms with Crippen molar-refractivity contribution in [2.24, 2.45) is 18.0 Å². The summed E-state index contributed by atoms with van der Waals surface area (Å²) in [5.41, 5.74) is 0.825. The van der Waals surface area contributed by atoms with Crippen LogP contribution in [0.3, 0.4) is 0 Å². The summed E-state index contributed by atoms with van der Waals surface area (Å²) in [5.74, 6) is -0.800. The SMILES string of the molecule is Cn1c(=NC(=O)C2CCCN(S(=O)(=O)c3ccc(Cl)cc3)C2)sc2cccc(Cl)c21. The van der Waals surface area contributed by atoms with Gasteiger partial charge in [-0.15, -0.1) is 0 Å². The van der Waals surface area contributed by atoms with Gasteiger partial charge in [-0.1, -0.05) is 40.6 Å². The standard InChI is InChI=1S/C20H19Cl2N3O3S2/c1-24-18-16(22)5-2-6-17(18)29-20(24)23-19(26)13-4-3-11-25(12-13)30(27,28)15-9-7-14(21)8-10-15/h2,5-10,13H,3-4,11-12H2,1H3. The zero-order chi connectivity index (χ0) is 21.5. The molecule has 10 heteroatoms. The smallest absolute Gasteiger partial charge is 0.252 e. The molecule has 1 saturated heterocycles. The number of hydrogen-bond donors (Lipinski definition) is 0. The molecule has 0 spiro atoms. The highest BCUT2D eigenvalue weighted by Crippen LogP contribution is 2.27. The summed E-state index contributed by atoms with van der Waals surface area (Å²) >= 11 is 13.5. The Morgan fingerprint density at radius 1 is 1.17 bits per heavy atom. The highest BCUT2D eigenvalue weighted by Gasteiger charge is 2.33. The van der Waals surface area contributed by atoms with E-state index >= 15 is 0 Å². The van der Waals surface area contributed by atoms with Gasteiger partial charge in [0, 0.05) is 25.2 Å². The van der Waals surface area contributed by atoms with E-state index in [4.69, 9.17) is 23.2 Å². The fraction of sp³-hybridized carbons (Fsp3) is 0.300. The summed E-state index contributed by atoms with van der Waals surface area (Å²) in [6.45, 7) is 0.490. The summed E-state index contributed by atoms with van der Waals surface area (Å²) in [6.07, 6.45) is 1.20. The molecule has 2 heterocycles. The van der Waals surface area contributed by atoms with Crippen LogP contribution >= 0.6 is 34.5 Å². The molecule has 1 aliphatic rings. The van der Waals surface area contributed by atoms with Crippen molar-refractivity contribution in [2.45, 2.75) is 17.7 Å². The number of carbonyl (C=O) groups excluding carboxylic acids is 1. The number of benzene rings is 2. The number of carbonyl (C=O) groups is 1. The largest absolute Gasteiger partial charge is 0.318 e. The Balaban J connectivity index is 1.60. The number of aromatic nitrogens is 1. The average molecular weight is 484 g/mol. The van der Waals surface area contributed by atoms with Crippen molar-refractivity contribution < 1.29 is 13.2 Å². The third-order valence-corrected chi connectivity index (χ3v) is 8.70. The molecule has 1 aromatic heterocycles. The van der Waals surface area contributed by atoms with Crippen molar-refractivity contribution in [3.05, 3.63) is 57.3 Å². The minimum atomic E-state index is -3.69. The van der Waals surface area contributed by atoms with E-state index in [2.05, 4.69) is 4.99 Å². The van der Waals surface area contributed by atoms with Crippen LogP contribution in [0.4, 0.5) is 0 Å². The van der Waals surface area contributed by atoms with Crippen molar-refractivity contribution in [2.75, 3.05) is 13.1 Å². The topological polar surface area (TPSA) is 71.7 Å². The highest BCUT2D eigenvalue weighted by molar-refractivity contribution is 7.89. The van der Waals surface area contributed by atoms with E-state index in [1.807, 2.05) is 19.2 Å². The van der Waals surface area contributed by atoms with Crippen LogP contribution in [-0.4, -0.2) is 36.3 Å². The minimum absolute atomic E-state index is 0.114. The van der Waals surface area contributed by atoms with Gasteiger partial charge in [0.05, 0.1) is 26.1 Å². The van der Waals surface area contributed by atoms with E-state index in [9.17, 15) is 13.2 Å². The van der Waals surface area contributed by atoms with Crippen molar-refractivity contribution in [3.8, 4) is 0 Å². The lowest BCUT2D eigenvalue weighted by Gasteiger charge is -2.30. The monoisotopic (exact) mass is 483 g/mol. The molecule has 4 rings (SSSR count). The molecule has 0 N–H and O–H groups in total. The Bertz CT molecular complexity index is 1280. The van der Waals surface area contributed by atoms with E-state index in [1.165, 1.54) is 27.8 Å². The van der Waals surface area contributed by atoms with Crippen LogP contribution < -0.4 is 4.80 Å². The van der Waals surface area contributed by atoms with E-state index in [-0.39, 0.29) is 17.3 Å². The maximum Gasteiger partial charge on any atom is 0.252 e. The second-order valence-corrected chi connectivity index (χ2v) is 10.9. The molecular formula is C20H19Cl2N3O3S2. The van der Waals surface area contributed by atoms with Crippen LogP contribution in [0, 0.1) is 5.92 Å². The molecule has 2 aromatic carbocycles. The lowest BCUT2D eigenvalue weighted by atomic mass is 9.99. The van der Waals surface area contributed by atoms with Gasteiger partial charge < -0.3 is 4.57 Å². The summed E-state index contributed by atoms with van der Waals surface area (Å²) in [6, 6.07) is 11.6. The van der Waals surface area contributed by atoms with E-state index in [0.29, 0.717) is 34.2 Å². The quantitative estimate of drug-likeness (QED) is 0.563. The Labute approximate surface area is 188 Å². The maximum atomic E-state index is 13.0. The summed E-state index contributed by atoms with van der Waals surface area (Å²) in [5, 5.41) is 1.06. The molecule has 0 bridgehead atoms. The Morgan fingerprint density at radius 3 is 2.60 bits per heavy atom. The first-order valence-electron chi connectivity index (χ1n) is 9.36. The van der Waals surface area contributed by atoms with Gasteiger partial charge in [-0.3, -0.25) is 4.79 Å². The number of halogens is 2. The van der Waals surface area contributed by atoms with Gasteiger partial charge in [0.25, 0.3) is 5.91 Å². The second kappa shape index (κ2) is 8.43. The summed E-state index contributed by atoms with van der Waals surface area (Å²) < 4.78 is 30.0. The van der Waals surface area contributed by atoms with Crippen LogP contribution in [0.25, 0.3) is 10.2 Å². The highest BCUT2D eigenvalue weighted by atomic mass is 35.5. The first kappa shape index (κ1) is 21.5. The normalized spacial score (nSPS) is 18.8. The maximum absolute atomic E-state index is 13.0. The van der Waals surface area contributed by atoms with Gasteiger partial charge in [0.15, 0.2) is 4.80 Å². The molecule has 1 unspecified atom stereocenters. The lowest BCUT2D eigenvalue weighted by Crippen LogP contribution is -2.42. The number of rotatable bonds is 3. The predicted octanol–water partition coefficient (Wildman–Crippen LogP) is 4.07. The van der Waals surface area contributed by atoms with Gasteiger partial charge in [-0.05, 0) is 49.2 Å². The zero-order valence-electron chi connectivity index (χ0n) is 16.1. The molecule has 0 saturated carbocycles.